The second-order valence-corrected chi connectivity index (χ2v) is 6.06. The van der Waals surface area contributed by atoms with Gasteiger partial charge in [0.25, 0.3) is 5.91 Å². The lowest BCUT2D eigenvalue weighted by molar-refractivity contribution is -0.144. The molecule has 0 saturated carbocycles. The molecule has 1 heterocycles. The highest BCUT2D eigenvalue weighted by Gasteiger charge is 2.11. The van der Waals surface area contributed by atoms with Gasteiger partial charge in [-0.15, -0.1) is 0 Å². The largest absolute Gasteiger partial charge is 0.484 e. The molecule has 0 atom stereocenters. The minimum atomic E-state index is -0.574. The van der Waals surface area contributed by atoms with Crippen LogP contribution < -0.4 is 16.2 Å². The summed E-state index contributed by atoms with van der Waals surface area (Å²) in [5.74, 6) is -0.650. The number of benzene rings is 1. The van der Waals surface area contributed by atoms with E-state index in [1.807, 2.05) is 6.92 Å². The van der Waals surface area contributed by atoms with E-state index in [0.29, 0.717) is 28.6 Å². The number of carbonyl (C=O) groups is 2. The highest BCUT2D eigenvalue weighted by Crippen LogP contribution is 2.19. The van der Waals surface area contributed by atoms with E-state index in [4.69, 9.17) is 32.6 Å². The Morgan fingerprint density at radius 3 is 2.44 bits per heavy atom. The highest BCUT2D eigenvalue weighted by molar-refractivity contribution is 6.31. The summed E-state index contributed by atoms with van der Waals surface area (Å²) in [5, 5.41) is 8.44. The van der Waals surface area contributed by atoms with E-state index >= 15 is 0 Å². The van der Waals surface area contributed by atoms with Crippen molar-refractivity contribution in [2.75, 3.05) is 6.61 Å². The molecule has 0 aliphatic rings. The molecule has 1 aromatic heterocycles. The van der Waals surface area contributed by atoms with Crippen LogP contribution in [0, 0.1) is 13.8 Å². The van der Waals surface area contributed by atoms with Gasteiger partial charge in [-0.25, -0.2) is 4.79 Å². The van der Waals surface area contributed by atoms with Gasteiger partial charge in [-0.3, -0.25) is 9.48 Å². The summed E-state index contributed by atoms with van der Waals surface area (Å²) >= 11 is 6.06. The maximum absolute atomic E-state index is 11.8. The van der Waals surface area contributed by atoms with Crippen LogP contribution in [-0.2, 0) is 21.0 Å². The van der Waals surface area contributed by atoms with Gasteiger partial charge in [-0.2, -0.15) is 5.10 Å². The molecule has 0 bridgehead atoms. The first-order valence-electron chi connectivity index (χ1n) is 8.02. The van der Waals surface area contributed by atoms with Crippen molar-refractivity contribution in [3.8, 4) is 5.75 Å². The number of amides is 1. The van der Waals surface area contributed by atoms with Gasteiger partial charge in [0.2, 0.25) is 0 Å². The van der Waals surface area contributed by atoms with Gasteiger partial charge < -0.3 is 21.0 Å². The van der Waals surface area contributed by atoms with Crippen LogP contribution in [0.15, 0.2) is 29.4 Å². The third-order valence-electron chi connectivity index (χ3n) is 3.60. The van der Waals surface area contributed by atoms with Crippen LogP contribution in [0.2, 0.25) is 5.02 Å². The second-order valence-electron chi connectivity index (χ2n) is 5.68. The van der Waals surface area contributed by atoms with Crippen molar-refractivity contribution in [2.45, 2.75) is 26.8 Å². The molecule has 0 aliphatic carbocycles. The normalized spacial score (nSPS) is 11.3. The summed E-state index contributed by atoms with van der Waals surface area (Å²) in [7, 11) is 0. The zero-order valence-corrected chi connectivity index (χ0v) is 15.7. The topological polar surface area (TPSA) is 135 Å². The van der Waals surface area contributed by atoms with E-state index < -0.39 is 11.9 Å². The number of aromatic nitrogens is 2. The SMILES string of the molecule is Cc1nn(CCC(=O)O/N=C(\N)c2ccc(OCC(N)=O)cc2)c(C)c1Cl. The molecule has 1 amide bonds. The van der Waals surface area contributed by atoms with Gasteiger partial charge in [0.15, 0.2) is 12.4 Å². The molecular weight excluding hydrogens is 374 g/mol. The third-order valence-corrected chi connectivity index (χ3v) is 4.14. The van der Waals surface area contributed by atoms with Crippen molar-refractivity contribution in [3.63, 3.8) is 0 Å². The molecule has 0 unspecified atom stereocenters. The van der Waals surface area contributed by atoms with Crippen LogP contribution in [0.5, 0.6) is 5.75 Å². The number of nitrogens with two attached hydrogens (primary N) is 2. The number of nitrogens with zero attached hydrogens (tertiary/aromatic N) is 3. The van der Waals surface area contributed by atoms with Crippen LogP contribution in [0.1, 0.15) is 23.4 Å². The number of rotatable bonds is 8. The predicted molar refractivity (Wildman–Crippen MR) is 99.3 cm³/mol. The lowest BCUT2D eigenvalue weighted by atomic mass is 10.2. The summed E-state index contributed by atoms with van der Waals surface area (Å²) in [6, 6.07) is 6.41. The predicted octanol–water partition coefficient (Wildman–Crippen LogP) is 1.27. The number of amidine groups is 1. The molecule has 0 radical (unpaired) electrons. The van der Waals surface area contributed by atoms with E-state index in [2.05, 4.69) is 10.3 Å². The zero-order chi connectivity index (χ0) is 20.0. The van der Waals surface area contributed by atoms with Gasteiger partial charge in [0.1, 0.15) is 5.75 Å². The van der Waals surface area contributed by atoms with E-state index in [-0.39, 0.29) is 18.9 Å². The summed E-state index contributed by atoms with van der Waals surface area (Å²) in [5.41, 5.74) is 12.8. The van der Waals surface area contributed by atoms with Crippen molar-refractivity contribution in [1.29, 1.82) is 0 Å². The zero-order valence-electron chi connectivity index (χ0n) is 14.9. The number of hydrogen-bond donors (Lipinski definition) is 2. The van der Waals surface area contributed by atoms with Crippen molar-refractivity contribution >= 4 is 29.3 Å². The van der Waals surface area contributed by atoms with E-state index in [1.54, 1.807) is 35.9 Å². The van der Waals surface area contributed by atoms with Crippen LogP contribution in [0.25, 0.3) is 0 Å². The lowest BCUT2D eigenvalue weighted by Gasteiger charge is -2.05. The summed E-state index contributed by atoms with van der Waals surface area (Å²) in [4.78, 5) is 27.3. The van der Waals surface area contributed by atoms with Crippen LogP contribution in [-0.4, -0.2) is 34.1 Å². The number of hydrogen-bond acceptors (Lipinski definition) is 6. The van der Waals surface area contributed by atoms with Gasteiger partial charge in [-0.05, 0) is 38.1 Å². The molecular formula is C17H20ClN5O4. The fourth-order valence-electron chi connectivity index (χ4n) is 2.16. The standard InChI is InChI=1S/C17H20ClN5O4/c1-10-16(18)11(2)23(21-10)8-7-15(25)27-22-17(20)12-3-5-13(6-4-12)26-9-14(19)24/h3-6H,7-9H2,1-2H3,(H2,19,24)(H2,20,22). The fourth-order valence-corrected chi connectivity index (χ4v) is 2.30. The van der Waals surface area contributed by atoms with Gasteiger partial charge in [0, 0.05) is 5.56 Å². The molecule has 144 valence electrons. The first-order valence-corrected chi connectivity index (χ1v) is 8.40. The molecule has 0 spiro atoms. The molecule has 0 saturated heterocycles. The second kappa shape index (κ2) is 9.04. The molecule has 10 heteroatoms. The molecule has 4 N–H and O–H groups in total. The summed E-state index contributed by atoms with van der Waals surface area (Å²) in [6.07, 6.45) is 0.0644. The van der Waals surface area contributed by atoms with E-state index in [0.717, 1.165) is 5.69 Å². The number of oxime groups is 1. The van der Waals surface area contributed by atoms with Crippen LogP contribution in [0.4, 0.5) is 0 Å². The minimum Gasteiger partial charge on any atom is -0.484 e. The molecule has 2 aromatic rings. The van der Waals surface area contributed by atoms with E-state index in [1.165, 1.54) is 0 Å². The van der Waals surface area contributed by atoms with Crippen molar-refractivity contribution in [2.24, 2.45) is 16.6 Å². The average molecular weight is 394 g/mol. The number of ether oxygens (including phenoxy) is 1. The highest BCUT2D eigenvalue weighted by atomic mass is 35.5. The Morgan fingerprint density at radius 2 is 1.89 bits per heavy atom. The summed E-state index contributed by atoms with van der Waals surface area (Å²) < 4.78 is 6.77. The smallest absolute Gasteiger partial charge is 0.336 e. The quantitative estimate of drug-likeness (QED) is 0.300. The van der Waals surface area contributed by atoms with Gasteiger partial charge >= 0.3 is 5.97 Å². The number of aryl methyl sites for hydroxylation is 2. The first kappa shape index (κ1) is 20.2. The molecule has 9 nitrogen and oxygen atoms in total. The van der Waals surface area contributed by atoms with Gasteiger partial charge in [0.05, 0.1) is 29.4 Å². The fraction of sp³-hybridized carbons (Fsp3) is 0.294. The van der Waals surface area contributed by atoms with Crippen LogP contribution >= 0.6 is 11.6 Å². The van der Waals surface area contributed by atoms with Crippen LogP contribution in [0.3, 0.4) is 0 Å². The van der Waals surface area contributed by atoms with Gasteiger partial charge in [-0.1, -0.05) is 16.8 Å². The molecule has 27 heavy (non-hydrogen) atoms. The Labute approximate surface area is 160 Å². The van der Waals surface area contributed by atoms with Crippen molar-refractivity contribution < 1.29 is 19.2 Å². The number of halogens is 1. The molecule has 1 aromatic carbocycles. The molecule has 0 fully saturated rings. The van der Waals surface area contributed by atoms with Crippen molar-refractivity contribution in [1.82, 2.24) is 9.78 Å². The monoisotopic (exact) mass is 393 g/mol. The lowest BCUT2D eigenvalue weighted by Crippen LogP contribution is -2.20. The first-order chi connectivity index (χ1) is 12.8. The number of carbonyl (C=O) groups excluding carboxylic acids is 2. The molecule has 2 rings (SSSR count). The summed E-state index contributed by atoms with van der Waals surface area (Å²) in [6.45, 7) is 3.71. The minimum absolute atomic E-state index is 0.0268. The Hall–Kier alpha value is -3.07. The average Bonchev–Trinajstić information content (AvgIpc) is 2.90. The maximum Gasteiger partial charge on any atom is 0.336 e. The van der Waals surface area contributed by atoms with Crippen molar-refractivity contribution in [3.05, 3.63) is 46.2 Å². The number of primary amides is 1. The maximum atomic E-state index is 11.8. The van der Waals surface area contributed by atoms with E-state index in [9.17, 15) is 9.59 Å². The molecule has 0 aliphatic heterocycles. The Bertz CT molecular complexity index is 861. The Morgan fingerprint density at radius 1 is 1.22 bits per heavy atom. The Kier molecular flexibility index (Phi) is 6.78. The Balaban J connectivity index is 1.87. The third kappa shape index (κ3) is 5.71.